The number of ether oxygens (including phenoxy) is 1. The molecule has 0 bridgehead atoms. The molecule has 0 saturated carbocycles. The van der Waals surface area contributed by atoms with Gasteiger partial charge in [0.05, 0.1) is 13.0 Å². The van der Waals surface area contributed by atoms with Crippen molar-refractivity contribution in [2.75, 3.05) is 6.61 Å². The largest absolute Gasteiger partial charge is 0.466 e. The van der Waals surface area contributed by atoms with E-state index in [0.29, 0.717) is 12.2 Å². The molecule has 0 heterocycles. The zero-order chi connectivity index (χ0) is 13.7. The molecule has 2 aliphatic rings. The lowest BCUT2D eigenvalue weighted by molar-refractivity contribution is -0.143. The molecule has 0 aliphatic heterocycles. The number of rotatable bonds is 5. The number of carbonyl (C=O) groups is 2. The SMILES string of the molecule is CCOC(=O)CCC(=O)c1ccc2cccccc1-2. The topological polar surface area (TPSA) is 43.4 Å². The molecule has 3 heteroatoms. The van der Waals surface area contributed by atoms with Gasteiger partial charge in [-0.2, -0.15) is 0 Å². The molecule has 0 amide bonds. The molecule has 2 rings (SSSR count). The summed E-state index contributed by atoms with van der Waals surface area (Å²) in [7, 11) is 0. The summed E-state index contributed by atoms with van der Waals surface area (Å²) in [5, 5.41) is 0. The molecule has 0 fully saturated rings. The van der Waals surface area contributed by atoms with Crippen molar-refractivity contribution in [3.63, 3.8) is 0 Å². The third kappa shape index (κ3) is 3.19. The van der Waals surface area contributed by atoms with Crippen molar-refractivity contribution < 1.29 is 14.3 Å². The lowest BCUT2D eigenvalue weighted by atomic mass is 10.0. The first-order valence-electron chi connectivity index (χ1n) is 6.39. The highest BCUT2D eigenvalue weighted by molar-refractivity contribution is 6.04. The monoisotopic (exact) mass is 256 g/mol. The van der Waals surface area contributed by atoms with Crippen LogP contribution >= 0.6 is 0 Å². The number of hydrogen-bond donors (Lipinski definition) is 0. The van der Waals surface area contributed by atoms with Gasteiger partial charge in [-0.25, -0.2) is 0 Å². The quantitative estimate of drug-likeness (QED) is 0.609. The summed E-state index contributed by atoms with van der Waals surface area (Å²) < 4.78 is 4.82. The van der Waals surface area contributed by atoms with Crippen molar-refractivity contribution in [1.29, 1.82) is 0 Å². The number of carbonyl (C=O) groups excluding carboxylic acids is 2. The van der Waals surface area contributed by atoms with Gasteiger partial charge in [0.25, 0.3) is 0 Å². The highest BCUT2D eigenvalue weighted by atomic mass is 16.5. The van der Waals surface area contributed by atoms with Crippen LogP contribution in [0.4, 0.5) is 0 Å². The minimum atomic E-state index is -0.322. The summed E-state index contributed by atoms with van der Waals surface area (Å²) in [6, 6.07) is 13.4. The minimum Gasteiger partial charge on any atom is -0.466 e. The summed E-state index contributed by atoms with van der Waals surface area (Å²) in [5.74, 6) is -0.341. The Morgan fingerprint density at radius 2 is 1.79 bits per heavy atom. The molecule has 0 atom stereocenters. The van der Waals surface area contributed by atoms with Crippen molar-refractivity contribution >= 4 is 11.8 Å². The second-order valence-electron chi connectivity index (χ2n) is 4.25. The molecule has 0 N–H and O–H groups in total. The van der Waals surface area contributed by atoms with Crippen LogP contribution in [0.1, 0.15) is 30.1 Å². The van der Waals surface area contributed by atoms with E-state index in [0.717, 1.165) is 11.1 Å². The van der Waals surface area contributed by atoms with Gasteiger partial charge in [-0.3, -0.25) is 9.59 Å². The lowest BCUT2D eigenvalue weighted by Gasteiger charge is -2.02. The number of fused-ring (bicyclic) bond motifs is 1. The fourth-order valence-corrected chi connectivity index (χ4v) is 2.04. The van der Waals surface area contributed by atoms with E-state index in [1.807, 2.05) is 42.5 Å². The third-order valence-corrected chi connectivity index (χ3v) is 2.95. The zero-order valence-electron chi connectivity index (χ0n) is 10.9. The van der Waals surface area contributed by atoms with E-state index in [4.69, 9.17) is 4.74 Å². The van der Waals surface area contributed by atoms with Gasteiger partial charge in [-0.1, -0.05) is 42.5 Å². The van der Waals surface area contributed by atoms with E-state index in [2.05, 4.69) is 0 Å². The van der Waals surface area contributed by atoms with Crippen LogP contribution in [0.2, 0.25) is 0 Å². The summed E-state index contributed by atoms with van der Waals surface area (Å²) in [5.41, 5.74) is 2.64. The summed E-state index contributed by atoms with van der Waals surface area (Å²) >= 11 is 0. The van der Waals surface area contributed by atoms with E-state index in [1.165, 1.54) is 0 Å². The van der Waals surface area contributed by atoms with Crippen LogP contribution in [0.15, 0.2) is 42.5 Å². The maximum Gasteiger partial charge on any atom is 0.306 e. The molecule has 0 aromatic rings. The average molecular weight is 256 g/mol. The van der Waals surface area contributed by atoms with Gasteiger partial charge in [-0.05, 0) is 18.1 Å². The fourth-order valence-electron chi connectivity index (χ4n) is 2.04. The van der Waals surface area contributed by atoms with Gasteiger partial charge in [0.1, 0.15) is 0 Å². The Labute approximate surface area is 112 Å². The Hall–Kier alpha value is -2.16. The van der Waals surface area contributed by atoms with Crippen molar-refractivity contribution in [2.24, 2.45) is 0 Å². The first-order chi connectivity index (χ1) is 9.22. The predicted molar refractivity (Wildman–Crippen MR) is 73.3 cm³/mol. The maximum atomic E-state index is 12.1. The molecule has 0 saturated heterocycles. The van der Waals surface area contributed by atoms with Crippen molar-refractivity contribution in [2.45, 2.75) is 19.8 Å². The number of esters is 1. The molecule has 0 spiro atoms. The Morgan fingerprint density at radius 1 is 1.00 bits per heavy atom. The molecular weight excluding hydrogens is 240 g/mol. The van der Waals surface area contributed by atoms with Gasteiger partial charge >= 0.3 is 5.97 Å². The van der Waals surface area contributed by atoms with Gasteiger partial charge in [-0.15, -0.1) is 0 Å². The number of ketones is 1. The highest BCUT2D eigenvalue weighted by Gasteiger charge is 2.16. The summed E-state index contributed by atoms with van der Waals surface area (Å²) in [6.07, 6.45) is 0.328. The lowest BCUT2D eigenvalue weighted by Crippen LogP contribution is -2.07. The minimum absolute atomic E-state index is 0.0192. The van der Waals surface area contributed by atoms with E-state index < -0.39 is 0 Å². The molecule has 98 valence electrons. The maximum absolute atomic E-state index is 12.1. The first kappa shape index (κ1) is 13.3. The molecule has 0 unspecified atom stereocenters. The Morgan fingerprint density at radius 3 is 2.58 bits per heavy atom. The summed E-state index contributed by atoms with van der Waals surface area (Å²) in [6.45, 7) is 2.10. The van der Waals surface area contributed by atoms with Crippen LogP contribution in [0.5, 0.6) is 0 Å². The zero-order valence-corrected chi connectivity index (χ0v) is 10.9. The molecular formula is C16H16O3. The normalized spacial score (nSPS) is 10.4. The number of hydrogen-bond acceptors (Lipinski definition) is 3. The Bertz CT molecular complexity index is 560. The van der Waals surface area contributed by atoms with Crippen LogP contribution in [0.3, 0.4) is 0 Å². The number of Topliss-reactive ketones (excluding diaryl/α,β-unsaturated/α-hetero) is 1. The van der Waals surface area contributed by atoms with E-state index in [-0.39, 0.29) is 24.6 Å². The van der Waals surface area contributed by atoms with E-state index >= 15 is 0 Å². The van der Waals surface area contributed by atoms with Gasteiger partial charge in [0.15, 0.2) is 5.78 Å². The van der Waals surface area contributed by atoms with Crippen molar-refractivity contribution in [1.82, 2.24) is 0 Å². The highest BCUT2D eigenvalue weighted by Crippen LogP contribution is 2.27. The standard InChI is InChI=1S/C16H16O3/c1-2-19-16(18)11-10-15(17)14-9-8-12-6-4-3-5-7-13(12)14/h3-9H,2,10-11H2,1H3. The average Bonchev–Trinajstić information content (AvgIpc) is 2.65. The van der Waals surface area contributed by atoms with Crippen LogP contribution in [0, 0.1) is 0 Å². The second kappa shape index (κ2) is 6.14. The van der Waals surface area contributed by atoms with E-state index in [9.17, 15) is 9.59 Å². The predicted octanol–water partition coefficient (Wildman–Crippen LogP) is 3.32. The first-order valence-corrected chi connectivity index (χ1v) is 6.39. The second-order valence-corrected chi connectivity index (χ2v) is 4.25. The van der Waals surface area contributed by atoms with Gasteiger partial charge in [0, 0.05) is 12.0 Å². The van der Waals surface area contributed by atoms with Gasteiger partial charge < -0.3 is 4.74 Å². The molecule has 0 aromatic heterocycles. The smallest absolute Gasteiger partial charge is 0.306 e. The Kier molecular flexibility index (Phi) is 4.29. The van der Waals surface area contributed by atoms with Crippen molar-refractivity contribution in [3.8, 4) is 11.1 Å². The molecule has 2 aliphatic carbocycles. The van der Waals surface area contributed by atoms with Crippen LogP contribution in [-0.2, 0) is 9.53 Å². The molecule has 0 radical (unpaired) electrons. The molecule has 19 heavy (non-hydrogen) atoms. The van der Waals surface area contributed by atoms with E-state index in [1.54, 1.807) is 6.92 Å². The third-order valence-electron chi connectivity index (χ3n) is 2.95. The van der Waals surface area contributed by atoms with Crippen LogP contribution in [-0.4, -0.2) is 18.4 Å². The Balaban J connectivity index is 2.09. The van der Waals surface area contributed by atoms with Crippen LogP contribution in [0.25, 0.3) is 11.1 Å². The van der Waals surface area contributed by atoms with Crippen molar-refractivity contribution in [3.05, 3.63) is 48.0 Å². The molecule has 3 nitrogen and oxygen atoms in total. The van der Waals surface area contributed by atoms with Gasteiger partial charge in [0.2, 0.25) is 0 Å². The fraction of sp³-hybridized carbons (Fsp3) is 0.250. The summed E-state index contributed by atoms with van der Waals surface area (Å²) in [4.78, 5) is 23.4. The molecule has 0 aromatic carbocycles. The van der Waals surface area contributed by atoms with Crippen LogP contribution < -0.4 is 0 Å².